The molecule has 0 saturated carbocycles. The fourth-order valence-corrected chi connectivity index (χ4v) is 4.27. The van der Waals surface area contributed by atoms with Crippen LogP contribution in [0.25, 0.3) is 0 Å². The third kappa shape index (κ3) is 3.20. The van der Waals surface area contributed by atoms with Crippen molar-refractivity contribution < 1.29 is 13.2 Å². The minimum absolute atomic E-state index is 0.184. The molecule has 2 aliphatic rings. The molecule has 1 aromatic carbocycles. The number of nitrogens with one attached hydrogen (secondary N) is 1. The van der Waals surface area contributed by atoms with Crippen LogP contribution in [0.3, 0.4) is 0 Å². The van der Waals surface area contributed by atoms with Gasteiger partial charge in [0.05, 0.1) is 35.5 Å². The third-order valence-electron chi connectivity index (χ3n) is 4.92. The van der Waals surface area contributed by atoms with Crippen LogP contribution < -0.4 is 4.72 Å². The van der Waals surface area contributed by atoms with Crippen molar-refractivity contribution in [2.75, 3.05) is 20.1 Å². The van der Waals surface area contributed by atoms with Gasteiger partial charge in [-0.15, -0.1) is 5.10 Å². The average molecular weight is 363 g/mol. The summed E-state index contributed by atoms with van der Waals surface area (Å²) in [5.74, 6) is 0. The van der Waals surface area contributed by atoms with Gasteiger partial charge in [0.2, 0.25) is 10.0 Å². The molecule has 2 atom stereocenters. The lowest BCUT2D eigenvalue weighted by Crippen LogP contribution is -2.47. The van der Waals surface area contributed by atoms with Crippen molar-refractivity contribution in [3.05, 3.63) is 41.7 Å². The Morgan fingerprint density at radius 2 is 2.12 bits per heavy atom. The van der Waals surface area contributed by atoms with E-state index in [0.29, 0.717) is 6.61 Å². The SMILES string of the molecule is CNS(=O)(=O)c1ccc(CN2CC[C@H]3OCc4cnnn4[C@@H]3C2)cc1. The number of aromatic nitrogens is 3. The van der Waals surface area contributed by atoms with E-state index in [1.807, 2.05) is 16.8 Å². The number of nitrogens with zero attached hydrogens (tertiary/aromatic N) is 4. The molecular weight excluding hydrogens is 342 g/mol. The van der Waals surface area contributed by atoms with E-state index in [9.17, 15) is 8.42 Å². The van der Waals surface area contributed by atoms with Crippen molar-refractivity contribution in [2.24, 2.45) is 0 Å². The zero-order valence-electron chi connectivity index (χ0n) is 14.0. The summed E-state index contributed by atoms with van der Waals surface area (Å²) in [5.41, 5.74) is 2.11. The Labute approximate surface area is 146 Å². The number of ether oxygens (including phenoxy) is 1. The number of fused-ring (bicyclic) bond motifs is 3. The van der Waals surface area contributed by atoms with Crippen LogP contribution in [0.15, 0.2) is 35.4 Å². The molecular formula is C16H21N5O3S. The van der Waals surface area contributed by atoms with Gasteiger partial charge in [-0.1, -0.05) is 17.3 Å². The molecule has 2 aliphatic heterocycles. The number of rotatable bonds is 4. The highest BCUT2D eigenvalue weighted by atomic mass is 32.2. The lowest BCUT2D eigenvalue weighted by molar-refractivity contribution is -0.0669. The second kappa shape index (κ2) is 6.49. The standard InChI is InChI=1S/C16H21N5O3S/c1-17-25(22,23)14-4-2-12(3-5-14)9-20-7-6-16-15(10-20)21-13(11-24-16)8-18-19-21/h2-5,8,15-17H,6-7,9-11H2,1H3/t15-,16-/m1/s1. The molecule has 0 amide bonds. The number of sulfonamides is 1. The minimum atomic E-state index is -3.39. The molecule has 0 aliphatic carbocycles. The van der Waals surface area contributed by atoms with Crippen molar-refractivity contribution in [3.8, 4) is 0 Å². The van der Waals surface area contributed by atoms with Crippen LogP contribution in [-0.2, 0) is 27.9 Å². The normalized spacial score (nSPS) is 23.9. The van der Waals surface area contributed by atoms with Gasteiger partial charge in [0.25, 0.3) is 0 Å². The number of hydrogen-bond acceptors (Lipinski definition) is 6. The van der Waals surface area contributed by atoms with Gasteiger partial charge in [-0.05, 0) is 31.2 Å². The summed E-state index contributed by atoms with van der Waals surface area (Å²) in [7, 11) is -1.97. The molecule has 3 heterocycles. The van der Waals surface area contributed by atoms with E-state index in [1.54, 1.807) is 18.3 Å². The average Bonchev–Trinajstić information content (AvgIpc) is 3.11. The van der Waals surface area contributed by atoms with Crippen LogP contribution in [0.5, 0.6) is 0 Å². The first kappa shape index (κ1) is 16.6. The van der Waals surface area contributed by atoms with Gasteiger partial charge < -0.3 is 4.74 Å². The molecule has 1 fully saturated rings. The number of likely N-dealkylation sites (tertiary alicyclic amines) is 1. The van der Waals surface area contributed by atoms with Gasteiger partial charge in [0, 0.05) is 19.6 Å². The Hall–Kier alpha value is -1.81. The van der Waals surface area contributed by atoms with Gasteiger partial charge in [-0.2, -0.15) is 0 Å². The van der Waals surface area contributed by atoms with E-state index in [-0.39, 0.29) is 17.0 Å². The molecule has 0 radical (unpaired) electrons. The van der Waals surface area contributed by atoms with Crippen molar-refractivity contribution in [1.29, 1.82) is 0 Å². The zero-order chi connectivity index (χ0) is 17.4. The Balaban J connectivity index is 1.46. The van der Waals surface area contributed by atoms with E-state index in [4.69, 9.17) is 4.74 Å². The van der Waals surface area contributed by atoms with Crippen molar-refractivity contribution in [2.45, 2.75) is 36.6 Å². The predicted molar refractivity (Wildman–Crippen MR) is 90.2 cm³/mol. The summed E-state index contributed by atoms with van der Waals surface area (Å²) in [6.45, 7) is 3.14. The van der Waals surface area contributed by atoms with Crippen molar-refractivity contribution >= 4 is 10.0 Å². The summed E-state index contributed by atoms with van der Waals surface area (Å²) in [5, 5.41) is 8.21. The van der Waals surface area contributed by atoms with E-state index in [0.717, 1.165) is 37.3 Å². The molecule has 9 heteroatoms. The van der Waals surface area contributed by atoms with E-state index >= 15 is 0 Å². The van der Waals surface area contributed by atoms with Crippen LogP contribution in [0, 0.1) is 0 Å². The highest BCUT2D eigenvalue weighted by Gasteiger charge is 2.36. The Bertz CT molecular complexity index is 849. The second-order valence-electron chi connectivity index (χ2n) is 6.46. The largest absolute Gasteiger partial charge is 0.370 e. The monoisotopic (exact) mass is 363 g/mol. The van der Waals surface area contributed by atoms with Gasteiger partial charge >= 0.3 is 0 Å². The third-order valence-corrected chi connectivity index (χ3v) is 6.35. The van der Waals surface area contributed by atoms with Crippen molar-refractivity contribution in [3.63, 3.8) is 0 Å². The molecule has 1 saturated heterocycles. The first-order chi connectivity index (χ1) is 12.1. The molecule has 4 rings (SSSR count). The molecule has 1 aromatic heterocycles. The Morgan fingerprint density at radius 1 is 1.32 bits per heavy atom. The first-order valence-electron chi connectivity index (χ1n) is 8.32. The summed E-state index contributed by atoms with van der Waals surface area (Å²) in [6, 6.07) is 7.22. The fraction of sp³-hybridized carbons (Fsp3) is 0.500. The minimum Gasteiger partial charge on any atom is -0.370 e. The zero-order valence-corrected chi connectivity index (χ0v) is 14.8. The predicted octanol–water partition coefficient (Wildman–Crippen LogP) is 0.532. The Morgan fingerprint density at radius 3 is 2.88 bits per heavy atom. The lowest BCUT2D eigenvalue weighted by atomic mass is 10.00. The molecule has 1 N–H and O–H groups in total. The quantitative estimate of drug-likeness (QED) is 0.852. The summed E-state index contributed by atoms with van der Waals surface area (Å²) >= 11 is 0. The summed E-state index contributed by atoms with van der Waals surface area (Å²) in [4.78, 5) is 2.63. The second-order valence-corrected chi connectivity index (χ2v) is 8.35. The Kier molecular flexibility index (Phi) is 4.32. The van der Waals surface area contributed by atoms with Crippen LogP contribution >= 0.6 is 0 Å². The van der Waals surface area contributed by atoms with Gasteiger partial charge in [-0.3, -0.25) is 4.90 Å². The molecule has 0 spiro atoms. The maximum Gasteiger partial charge on any atom is 0.240 e. The van der Waals surface area contributed by atoms with Gasteiger partial charge in [0.1, 0.15) is 0 Å². The number of hydrogen-bond donors (Lipinski definition) is 1. The van der Waals surface area contributed by atoms with E-state index in [2.05, 4.69) is 19.9 Å². The lowest BCUT2D eigenvalue weighted by Gasteiger charge is -2.41. The van der Waals surface area contributed by atoms with Gasteiger partial charge in [-0.25, -0.2) is 17.8 Å². The molecule has 25 heavy (non-hydrogen) atoms. The fourth-order valence-electron chi connectivity index (χ4n) is 3.54. The maximum atomic E-state index is 11.8. The van der Waals surface area contributed by atoms with Gasteiger partial charge in [0.15, 0.2) is 0 Å². The number of piperidine rings is 1. The molecule has 134 valence electrons. The molecule has 2 aromatic rings. The first-order valence-corrected chi connectivity index (χ1v) is 9.80. The van der Waals surface area contributed by atoms with Crippen LogP contribution in [-0.4, -0.2) is 54.6 Å². The molecule has 0 unspecified atom stereocenters. The smallest absolute Gasteiger partial charge is 0.240 e. The topological polar surface area (TPSA) is 89.3 Å². The maximum absolute atomic E-state index is 11.8. The van der Waals surface area contributed by atoms with E-state index in [1.165, 1.54) is 7.05 Å². The highest BCUT2D eigenvalue weighted by molar-refractivity contribution is 7.89. The van der Waals surface area contributed by atoms with E-state index < -0.39 is 10.0 Å². The molecule has 0 bridgehead atoms. The molecule has 8 nitrogen and oxygen atoms in total. The summed E-state index contributed by atoms with van der Waals surface area (Å²) < 4.78 is 33.8. The van der Waals surface area contributed by atoms with Crippen LogP contribution in [0.2, 0.25) is 0 Å². The van der Waals surface area contributed by atoms with Crippen LogP contribution in [0.1, 0.15) is 23.7 Å². The van der Waals surface area contributed by atoms with Crippen molar-refractivity contribution in [1.82, 2.24) is 24.6 Å². The highest BCUT2D eigenvalue weighted by Crippen LogP contribution is 2.30. The van der Waals surface area contributed by atoms with Crippen LogP contribution in [0.4, 0.5) is 0 Å². The number of benzene rings is 1. The summed E-state index contributed by atoms with van der Waals surface area (Å²) in [6.07, 6.45) is 2.90.